The van der Waals surface area contributed by atoms with Crippen molar-refractivity contribution in [3.63, 3.8) is 0 Å². The molecule has 2 saturated carbocycles. The fourth-order valence-electron chi connectivity index (χ4n) is 4.33. The van der Waals surface area contributed by atoms with E-state index in [1.165, 1.54) is 51.4 Å². The lowest BCUT2D eigenvalue weighted by Gasteiger charge is -2.43. The standard InChI is InChI=1S/C15H32N4/c1-11-7-9-12(10-8-11)13-5-3-4-6-14(13)15(18-16)19-17-2/h11-15,17-19H,3-10,16H2,1-2H3. The molecular weight excluding hydrogens is 236 g/mol. The molecule has 0 bridgehead atoms. The summed E-state index contributed by atoms with van der Waals surface area (Å²) >= 11 is 0. The maximum Gasteiger partial charge on any atom is 0.0860 e. The molecule has 0 aromatic rings. The molecule has 19 heavy (non-hydrogen) atoms. The van der Waals surface area contributed by atoms with Gasteiger partial charge in [0.05, 0.1) is 6.17 Å². The smallest absolute Gasteiger partial charge is 0.0860 e. The second-order valence-corrected chi connectivity index (χ2v) is 6.67. The molecule has 0 aromatic carbocycles. The predicted octanol–water partition coefficient (Wildman–Crippen LogP) is 2.13. The van der Waals surface area contributed by atoms with Crippen LogP contribution in [0.15, 0.2) is 0 Å². The van der Waals surface area contributed by atoms with Crippen molar-refractivity contribution in [2.75, 3.05) is 7.05 Å². The summed E-state index contributed by atoms with van der Waals surface area (Å²) in [5.41, 5.74) is 9.32. The number of hydrogen-bond acceptors (Lipinski definition) is 4. The molecule has 0 radical (unpaired) electrons. The molecule has 0 spiro atoms. The van der Waals surface area contributed by atoms with E-state index in [0.717, 1.165) is 17.8 Å². The van der Waals surface area contributed by atoms with Gasteiger partial charge in [0.1, 0.15) is 0 Å². The fraction of sp³-hybridized carbons (Fsp3) is 1.00. The highest BCUT2D eigenvalue weighted by Crippen LogP contribution is 2.43. The highest BCUT2D eigenvalue weighted by atomic mass is 15.5. The maximum absolute atomic E-state index is 5.75. The third-order valence-corrected chi connectivity index (χ3v) is 5.45. The van der Waals surface area contributed by atoms with Gasteiger partial charge in [0, 0.05) is 0 Å². The van der Waals surface area contributed by atoms with Gasteiger partial charge in [0.2, 0.25) is 0 Å². The summed E-state index contributed by atoms with van der Waals surface area (Å²) in [5, 5.41) is 0. The van der Waals surface area contributed by atoms with Crippen LogP contribution in [0.2, 0.25) is 0 Å². The molecule has 0 saturated heterocycles. The van der Waals surface area contributed by atoms with Crippen molar-refractivity contribution in [2.24, 2.45) is 29.5 Å². The Kier molecular flexibility index (Phi) is 6.07. The molecule has 0 heterocycles. The second kappa shape index (κ2) is 7.58. The Morgan fingerprint density at radius 3 is 2.32 bits per heavy atom. The van der Waals surface area contributed by atoms with Gasteiger partial charge in [-0.2, -0.15) is 0 Å². The zero-order chi connectivity index (χ0) is 13.7. The van der Waals surface area contributed by atoms with Gasteiger partial charge in [0.15, 0.2) is 0 Å². The van der Waals surface area contributed by atoms with Crippen LogP contribution < -0.4 is 22.1 Å². The van der Waals surface area contributed by atoms with Crippen LogP contribution in [-0.2, 0) is 0 Å². The van der Waals surface area contributed by atoms with E-state index < -0.39 is 0 Å². The van der Waals surface area contributed by atoms with Gasteiger partial charge in [-0.3, -0.25) is 11.3 Å². The molecule has 2 fully saturated rings. The monoisotopic (exact) mass is 268 g/mol. The van der Waals surface area contributed by atoms with E-state index in [4.69, 9.17) is 5.84 Å². The fourth-order valence-corrected chi connectivity index (χ4v) is 4.33. The molecule has 0 aliphatic heterocycles. The third-order valence-electron chi connectivity index (χ3n) is 5.45. The van der Waals surface area contributed by atoms with Crippen LogP contribution in [0.25, 0.3) is 0 Å². The van der Waals surface area contributed by atoms with Gasteiger partial charge in [-0.1, -0.05) is 32.6 Å². The number of rotatable bonds is 5. The lowest BCUT2D eigenvalue weighted by atomic mass is 9.66. The van der Waals surface area contributed by atoms with Crippen molar-refractivity contribution in [1.82, 2.24) is 16.3 Å². The molecule has 2 aliphatic carbocycles. The Bertz CT molecular complexity index is 251. The van der Waals surface area contributed by atoms with E-state index in [0.29, 0.717) is 5.92 Å². The molecule has 4 heteroatoms. The zero-order valence-electron chi connectivity index (χ0n) is 12.6. The van der Waals surface area contributed by atoms with Crippen LogP contribution in [0.1, 0.15) is 58.3 Å². The van der Waals surface area contributed by atoms with Crippen LogP contribution in [0.4, 0.5) is 0 Å². The minimum Gasteiger partial charge on any atom is -0.270 e. The summed E-state index contributed by atoms with van der Waals surface area (Å²) in [5.74, 6) is 9.14. The van der Waals surface area contributed by atoms with E-state index in [9.17, 15) is 0 Å². The minimum atomic E-state index is 0.203. The summed E-state index contributed by atoms with van der Waals surface area (Å²) in [6.45, 7) is 2.40. The lowest BCUT2D eigenvalue weighted by molar-refractivity contribution is 0.0755. The van der Waals surface area contributed by atoms with Crippen molar-refractivity contribution in [3.8, 4) is 0 Å². The maximum atomic E-state index is 5.75. The average Bonchev–Trinajstić information content (AvgIpc) is 2.46. The number of nitrogens with two attached hydrogens (primary N) is 1. The van der Waals surface area contributed by atoms with Crippen LogP contribution in [-0.4, -0.2) is 13.2 Å². The van der Waals surface area contributed by atoms with E-state index in [-0.39, 0.29) is 6.17 Å². The van der Waals surface area contributed by atoms with Crippen LogP contribution in [0.3, 0.4) is 0 Å². The lowest BCUT2D eigenvalue weighted by Crippen LogP contribution is -2.57. The highest BCUT2D eigenvalue weighted by molar-refractivity contribution is 4.87. The zero-order valence-corrected chi connectivity index (χ0v) is 12.6. The first kappa shape index (κ1) is 15.2. The van der Waals surface area contributed by atoms with Crippen molar-refractivity contribution >= 4 is 0 Å². The largest absolute Gasteiger partial charge is 0.270 e. The van der Waals surface area contributed by atoms with Gasteiger partial charge in [0.25, 0.3) is 0 Å². The van der Waals surface area contributed by atoms with E-state index in [1.54, 1.807) is 0 Å². The van der Waals surface area contributed by atoms with Crippen molar-refractivity contribution < 1.29 is 0 Å². The van der Waals surface area contributed by atoms with Gasteiger partial charge in [-0.25, -0.2) is 10.9 Å². The summed E-state index contributed by atoms with van der Waals surface area (Å²) in [7, 11) is 1.92. The van der Waals surface area contributed by atoms with Crippen molar-refractivity contribution in [1.29, 1.82) is 0 Å². The first-order valence-corrected chi connectivity index (χ1v) is 8.14. The Balaban J connectivity index is 1.98. The molecule has 2 rings (SSSR count). The molecule has 0 amide bonds. The van der Waals surface area contributed by atoms with Crippen LogP contribution in [0, 0.1) is 23.7 Å². The van der Waals surface area contributed by atoms with E-state index in [1.807, 2.05) is 7.05 Å². The molecule has 2 aliphatic rings. The molecule has 5 N–H and O–H groups in total. The predicted molar refractivity (Wildman–Crippen MR) is 79.9 cm³/mol. The number of hydrazine groups is 2. The van der Waals surface area contributed by atoms with Gasteiger partial charge in [-0.05, 0) is 56.4 Å². The summed E-state index contributed by atoms with van der Waals surface area (Å²) < 4.78 is 0. The summed E-state index contributed by atoms with van der Waals surface area (Å²) in [4.78, 5) is 0. The van der Waals surface area contributed by atoms with Crippen molar-refractivity contribution in [3.05, 3.63) is 0 Å². The summed E-state index contributed by atoms with van der Waals surface area (Å²) in [6, 6.07) is 0. The number of hydrogen-bond donors (Lipinski definition) is 4. The second-order valence-electron chi connectivity index (χ2n) is 6.67. The van der Waals surface area contributed by atoms with Gasteiger partial charge < -0.3 is 0 Å². The first-order chi connectivity index (χ1) is 9.26. The van der Waals surface area contributed by atoms with Gasteiger partial charge in [-0.15, -0.1) is 0 Å². The number of nitrogens with one attached hydrogen (secondary N) is 3. The SMILES string of the molecule is CNNC(NN)C1CCCCC1C1CCC(C)CC1. The first-order valence-electron chi connectivity index (χ1n) is 8.14. The minimum absolute atomic E-state index is 0.203. The Hall–Kier alpha value is -0.160. The third kappa shape index (κ3) is 3.91. The van der Waals surface area contributed by atoms with Crippen molar-refractivity contribution in [2.45, 2.75) is 64.5 Å². The van der Waals surface area contributed by atoms with Crippen LogP contribution in [0.5, 0.6) is 0 Å². The molecule has 0 aromatic heterocycles. The quantitative estimate of drug-likeness (QED) is 0.350. The molecular formula is C15H32N4. The highest BCUT2D eigenvalue weighted by Gasteiger charge is 2.37. The Labute approximate surface area is 118 Å². The Morgan fingerprint density at radius 1 is 1.00 bits per heavy atom. The van der Waals surface area contributed by atoms with Gasteiger partial charge >= 0.3 is 0 Å². The molecule has 4 nitrogen and oxygen atoms in total. The average molecular weight is 268 g/mol. The molecule has 112 valence electrons. The summed E-state index contributed by atoms with van der Waals surface area (Å²) in [6.07, 6.45) is 11.4. The molecule has 3 atom stereocenters. The normalized spacial score (nSPS) is 38.1. The van der Waals surface area contributed by atoms with Crippen LogP contribution >= 0.6 is 0 Å². The Morgan fingerprint density at radius 2 is 1.68 bits per heavy atom. The topological polar surface area (TPSA) is 62.1 Å². The van der Waals surface area contributed by atoms with E-state index in [2.05, 4.69) is 23.2 Å². The van der Waals surface area contributed by atoms with E-state index >= 15 is 0 Å². The molecule has 3 unspecified atom stereocenters.